The maximum absolute atomic E-state index is 3.62. The zero-order valence-electron chi connectivity index (χ0n) is 13.3. The molecule has 0 aromatic carbocycles. The van der Waals surface area contributed by atoms with Gasteiger partial charge in [-0.3, -0.25) is 4.90 Å². The zero-order chi connectivity index (χ0) is 13.7. The van der Waals surface area contributed by atoms with Gasteiger partial charge in [0.15, 0.2) is 0 Å². The third kappa shape index (κ3) is 3.95. The Morgan fingerprint density at radius 2 is 1.89 bits per heavy atom. The van der Waals surface area contributed by atoms with Crippen molar-refractivity contribution >= 4 is 0 Å². The van der Waals surface area contributed by atoms with Crippen LogP contribution in [0.4, 0.5) is 0 Å². The Hall–Kier alpha value is -0.0800. The van der Waals surface area contributed by atoms with Gasteiger partial charge in [-0.15, -0.1) is 0 Å². The number of nitrogens with one attached hydrogen (secondary N) is 1. The SMILES string of the molecule is CCCN(C1CCCNC1)C1CCCCC1C(C)C. The topological polar surface area (TPSA) is 15.3 Å². The number of hydrogen-bond donors (Lipinski definition) is 1. The highest BCUT2D eigenvalue weighted by atomic mass is 15.2. The minimum absolute atomic E-state index is 0.804. The van der Waals surface area contributed by atoms with E-state index in [4.69, 9.17) is 0 Å². The highest BCUT2D eigenvalue weighted by molar-refractivity contribution is 4.90. The summed E-state index contributed by atoms with van der Waals surface area (Å²) >= 11 is 0. The van der Waals surface area contributed by atoms with E-state index in [1.54, 1.807) is 0 Å². The lowest BCUT2D eigenvalue weighted by atomic mass is 9.76. The first kappa shape index (κ1) is 15.3. The maximum Gasteiger partial charge on any atom is 0.0224 e. The fourth-order valence-electron chi connectivity index (χ4n) is 4.32. The van der Waals surface area contributed by atoms with E-state index in [1.807, 2.05) is 0 Å². The molecule has 0 spiro atoms. The fraction of sp³-hybridized carbons (Fsp3) is 1.00. The Morgan fingerprint density at radius 3 is 2.53 bits per heavy atom. The van der Waals surface area contributed by atoms with Crippen molar-refractivity contribution in [3.63, 3.8) is 0 Å². The van der Waals surface area contributed by atoms with Gasteiger partial charge in [-0.2, -0.15) is 0 Å². The Labute approximate surface area is 120 Å². The molecule has 2 nitrogen and oxygen atoms in total. The molecule has 0 aromatic rings. The molecule has 1 aliphatic carbocycles. The van der Waals surface area contributed by atoms with Gasteiger partial charge in [-0.25, -0.2) is 0 Å². The van der Waals surface area contributed by atoms with E-state index in [0.29, 0.717) is 0 Å². The molecule has 3 atom stereocenters. The standard InChI is InChI=1S/C17H34N2/c1-4-12-19(15-8-7-11-18-13-15)17-10-6-5-9-16(17)14(2)3/h14-18H,4-13H2,1-3H3. The smallest absolute Gasteiger partial charge is 0.0224 e. The van der Waals surface area contributed by atoms with Gasteiger partial charge in [-0.1, -0.05) is 33.6 Å². The minimum atomic E-state index is 0.804. The molecule has 2 aliphatic rings. The van der Waals surface area contributed by atoms with Crippen LogP contribution in [-0.4, -0.2) is 36.6 Å². The minimum Gasteiger partial charge on any atom is -0.315 e. The van der Waals surface area contributed by atoms with Gasteiger partial charge in [0.1, 0.15) is 0 Å². The lowest BCUT2D eigenvalue weighted by molar-refractivity contribution is 0.0346. The zero-order valence-corrected chi connectivity index (χ0v) is 13.3. The molecule has 1 heterocycles. The number of hydrogen-bond acceptors (Lipinski definition) is 2. The third-order valence-corrected chi connectivity index (χ3v) is 5.29. The van der Waals surface area contributed by atoms with Gasteiger partial charge in [0.05, 0.1) is 0 Å². The quantitative estimate of drug-likeness (QED) is 0.817. The number of nitrogens with zero attached hydrogens (tertiary/aromatic N) is 1. The summed E-state index contributed by atoms with van der Waals surface area (Å²) in [5.41, 5.74) is 0. The van der Waals surface area contributed by atoms with Crippen molar-refractivity contribution in [2.75, 3.05) is 19.6 Å². The summed E-state index contributed by atoms with van der Waals surface area (Å²) in [4.78, 5) is 2.90. The van der Waals surface area contributed by atoms with Crippen molar-refractivity contribution in [2.45, 2.75) is 77.8 Å². The second-order valence-electron chi connectivity index (χ2n) is 7.00. The molecular formula is C17H34N2. The van der Waals surface area contributed by atoms with Crippen LogP contribution in [0.15, 0.2) is 0 Å². The predicted molar refractivity (Wildman–Crippen MR) is 83.5 cm³/mol. The first-order chi connectivity index (χ1) is 9.24. The van der Waals surface area contributed by atoms with Crippen molar-refractivity contribution in [2.24, 2.45) is 11.8 Å². The van der Waals surface area contributed by atoms with Crippen LogP contribution in [-0.2, 0) is 0 Å². The van der Waals surface area contributed by atoms with Gasteiger partial charge in [-0.05, 0) is 57.0 Å². The van der Waals surface area contributed by atoms with E-state index in [1.165, 1.54) is 64.6 Å². The Bertz CT molecular complexity index is 246. The lowest BCUT2D eigenvalue weighted by Crippen LogP contribution is -2.54. The Balaban J connectivity index is 2.06. The highest BCUT2D eigenvalue weighted by Crippen LogP contribution is 2.35. The molecule has 112 valence electrons. The van der Waals surface area contributed by atoms with Crippen LogP contribution in [0.3, 0.4) is 0 Å². The fourth-order valence-corrected chi connectivity index (χ4v) is 4.32. The van der Waals surface area contributed by atoms with Crippen LogP contribution in [0.25, 0.3) is 0 Å². The second kappa shape index (κ2) is 7.64. The van der Waals surface area contributed by atoms with Crippen LogP contribution in [0.1, 0.15) is 65.7 Å². The van der Waals surface area contributed by atoms with Crippen LogP contribution >= 0.6 is 0 Å². The molecule has 2 rings (SSSR count). The summed E-state index contributed by atoms with van der Waals surface area (Å²) < 4.78 is 0. The molecular weight excluding hydrogens is 232 g/mol. The molecule has 1 aliphatic heterocycles. The summed E-state index contributed by atoms with van der Waals surface area (Å²) in [6.07, 6.45) is 9.90. The molecule has 1 saturated carbocycles. The van der Waals surface area contributed by atoms with Crippen LogP contribution in [0.5, 0.6) is 0 Å². The van der Waals surface area contributed by atoms with E-state index in [0.717, 1.165) is 23.9 Å². The molecule has 1 N–H and O–H groups in total. The monoisotopic (exact) mass is 266 g/mol. The first-order valence-corrected chi connectivity index (χ1v) is 8.70. The van der Waals surface area contributed by atoms with Crippen LogP contribution in [0, 0.1) is 11.8 Å². The van der Waals surface area contributed by atoms with Crippen molar-refractivity contribution in [1.29, 1.82) is 0 Å². The van der Waals surface area contributed by atoms with Gasteiger partial charge in [0.25, 0.3) is 0 Å². The Morgan fingerprint density at radius 1 is 1.11 bits per heavy atom. The molecule has 2 fully saturated rings. The molecule has 0 aromatic heterocycles. The number of rotatable bonds is 5. The summed E-state index contributed by atoms with van der Waals surface area (Å²) in [6, 6.07) is 1.66. The number of piperidine rings is 1. The van der Waals surface area contributed by atoms with Crippen molar-refractivity contribution in [3.05, 3.63) is 0 Å². The largest absolute Gasteiger partial charge is 0.315 e. The van der Waals surface area contributed by atoms with Crippen LogP contribution < -0.4 is 5.32 Å². The highest BCUT2D eigenvalue weighted by Gasteiger charge is 2.35. The van der Waals surface area contributed by atoms with E-state index in [-0.39, 0.29) is 0 Å². The van der Waals surface area contributed by atoms with E-state index >= 15 is 0 Å². The van der Waals surface area contributed by atoms with Gasteiger partial charge >= 0.3 is 0 Å². The second-order valence-corrected chi connectivity index (χ2v) is 7.00. The molecule has 0 amide bonds. The van der Waals surface area contributed by atoms with Crippen molar-refractivity contribution in [3.8, 4) is 0 Å². The maximum atomic E-state index is 3.62. The summed E-state index contributed by atoms with van der Waals surface area (Å²) in [7, 11) is 0. The van der Waals surface area contributed by atoms with E-state index in [2.05, 4.69) is 31.0 Å². The Kier molecular flexibility index (Phi) is 6.15. The summed E-state index contributed by atoms with van der Waals surface area (Å²) in [6.45, 7) is 11.0. The molecule has 1 saturated heterocycles. The van der Waals surface area contributed by atoms with Crippen molar-refractivity contribution < 1.29 is 0 Å². The molecule has 19 heavy (non-hydrogen) atoms. The molecule has 0 bridgehead atoms. The van der Waals surface area contributed by atoms with Crippen molar-refractivity contribution in [1.82, 2.24) is 10.2 Å². The summed E-state index contributed by atoms with van der Waals surface area (Å²) in [5, 5.41) is 3.62. The molecule has 0 radical (unpaired) electrons. The van der Waals surface area contributed by atoms with Gasteiger partial charge in [0, 0.05) is 18.6 Å². The van der Waals surface area contributed by atoms with E-state index in [9.17, 15) is 0 Å². The average Bonchev–Trinajstić information content (AvgIpc) is 2.45. The molecule has 2 heteroatoms. The van der Waals surface area contributed by atoms with E-state index < -0.39 is 0 Å². The van der Waals surface area contributed by atoms with Crippen LogP contribution in [0.2, 0.25) is 0 Å². The first-order valence-electron chi connectivity index (χ1n) is 8.70. The van der Waals surface area contributed by atoms with Gasteiger partial charge in [0.2, 0.25) is 0 Å². The lowest BCUT2D eigenvalue weighted by Gasteiger charge is -2.46. The van der Waals surface area contributed by atoms with Gasteiger partial charge < -0.3 is 5.32 Å². The molecule has 3 unspecified atom stereocenters. The average molecular weight is 266 g/mol. The predicted octanol–water partition coefficient (Wildman–Crippen LogP) is 3.67. The summed E-state index contributed by atoms with van der Waals surface area (Å²) in [5.74, 6) is 1.78. The normalized spacial score (nSPS) is 33.0. The third-order valence-electron chi connectivity index (χ3n) is 5.29.